The molecule has 0 spiro atoms. The van der Waals surface area contributed by atoms with E-state index in [2.05, 4.69) is 20.6 Å². The van der Waals surface area contributed by atoms with Crippen LogP contribution in [-0.2, 0) is 14.4 Å². The Hall–Kier alpha value is -1.79. The summed E-state index contributed by atoms with van der Waals surface area (Å²) < 4.78 is 4.96. The Kier molecular flexibility index (Phi) is 5.91. The summed E-state index contributed by atoms with van der Waals surface area (Å²) in [6.45, 7) is 4.97. The Bertz CT molecular complexity index is 270. The minimum absolute atomic E-state index is 0.249. The number of carbonyl (C=O) groups is 2. The van der Waals surface area contributed by atoms with E-state index in [-0.39, 0.29) is 6.54 Å². The Morgan fingerprint density at radius 3 is 2.50 bits per heavy atom. The van der Waals surface area contributed by atoms with Gasteiger partial charge in [0, 0.05) is 7.05 Å². The summed E-state index contributed by atoms with van der Waals surface area (Å²) in [5.74, 6) is -0.534. The Labute approximate surface area is 94.2 Å². The van der Waals surface area contributed by atoms with Crippen LogP contribution in [0, 0.1) is 0 Å². The van der Waals surface area contributed by atoms with Crippen LogP contribution in [0.2, 0.25) is 0 Å². The van der Waals surface area contributed by atoms with Crippen molar-refractivity contribution in [2.75, 3.05) is 13.6 Å². The van der Waals surface area contributed by atoms with Crippen molar-refractivity contribution < 1.29 is 19.2 Å². The third-order valence-corrected chi connectivity index (χ3v) is 1.13. The highest BCUT2D eigenvalue weighted by Gasteiger charge is 2.16. The molecule has 0 saturated heterocycles. The second-order valence-corrected chi connectivity index (χ2v) is 3.83. The third kappa shape index (κ3) is 8.79. The van der Waals surface area contributed by atoms with E-state index in [0.29, 0.717) is 0 Å². The fraction of sp³-hybridized carbons (Fsp3) is 0.667. The molecule has 92 valence electrons. The first-order chi connectivity index (χ1) is 7.35. The van der Waals surface area contributed by atoms with Crippen LogP contribution in [0.5, 0.6) is 0 Å². The molecule has 7 nitrogen and oxygen atoms in total. The van der Waals surface area contributed by atoms with Crippen molar-refractivity contribution in [3.8, 4) is 0 Å². The normalized spacial score (nSPS) is 11.0. The van der Waals surface area contributed by atoms with Gasteiger partial charge in [-0.1, -0.05) is 0 Å². The fourth-order valence-electron chi connectivity index (χ4n) is 0.691. The summed E-state index contributed by atoms with van der Waals surface area (Å²) >= 11 is 0. The number of hydrogen-bond donors (Lipinski definition) is 2. The van der Waals surface area contributed by atoms with E-state index in [0.717, 1.165) is 0 Å². The van der Waals surface area contributed by atoms with Gasteiger partial charge in [-0.15, -0.1) is 0 Å². The minimum atomic E-state index is -0.786. The molecule has 7 heteroatoms. The number of ether oxygens (including phenoxy) is 1. The van der Waals surface area contributed by atoms with E-state index < -0.39 is 17.7 Å². The molecule has 0 aromatic carbocycles. The summed E-state index contributed by atoms with van der Waals surface area (Å²) in [6.07, 6.45) is 0.401. The molecule has 0 fully saturated rings. The highest BCUT2D eigenvalue weighted by Crippen LogP contribution is 2.05. The summed E-state index contributed by atoms with van der Waals surface area (Å²) in [5, 5.41) is 2.20. The Morgan fingerprint density at radius 1 is 1.38 bits per heavy atom. The second-order valence-electron chi connectivity index (χ2n) is 3.83. The number of rotatable bonds is 4. The van der Waals surface area contributed by atoms with Crippen LogP contribution in [0.4, 0.5) is 4.79 Å². The molecule has 1 amide bonds. The van der Waals surface area contributed by atoms with Crippen LogP contribution < -0.4 is 10.8 Å². The van der Waals surface area contributed by atoms with Gasteiger partial charge < -0.3 is 14.9 Å². The van der Waals surface area contributed by atoms with Crippen LogP contribution in [0.15, 0.2) is 4.99 Å². The van der Waals surface area contributed by atoms with Crippen molar-refractivity contribution in [2.45, 2.75) is 26.4 Å². The zero-order valence-electron chi connectivity index (χ0n) is 9.86. The van der Waals surface area contributed by atoms with E-state index in [9.17, 15) is 9.59 Å². The summed E-state index contributed by atoms with van der Waals surface area (Å²) in [4.78, 5) is 30.0. The first-order valence-electron chi connectivity index (χ1n) is 4.68. The lowest BCUT2D eigenvalue weighted by molar-refractivity contribution is -0.153. The molecule has 0 heterocycles. The largest absolute Gasteiger partial charge is 0.459 e. The Balaban J connectivity index is 3.71. The van der Waals surface area contributed by atoms with Crippen LogP contribution in [-0.4, -0.2) is 37.6 Å². The monoisotopic (exact) mass is 231 g/mol. The van der Waals surface area contributed by atoms with Gasteiger partial charge in [-0.05, 0) is 20.8 Å². The molecule has 0 atom stereocenters. The quantitative estimate of drug-likeness (QED) is 0.312. The van der Waals surface area contributed by atoms with Gasteiger partial charge in [0.25, 0.3) is 0 Å². The van der Waals surface area contributed by atoms with Crippen molar-refractivity contribution >= 4 is 18.4 Å². The molecule has 0 aliphatic heterocycles. The third-order valence-electron chi connectivity index (χ3n) is 1.13. The van der Waals surface area contributed by atoms with E-state index in [4.69, 9.17) is 4.74 Å². The molecule has 16 heavy (non-hydrogen) atoms. The molecule has 0 unspecified atom stereocenters. The van der Waals surface area contributed by atoms with Gasteiger partial charge in [0.05, 0.1) is 0 Å². The van der Waals surface area contributed by atoms with Gasteiger partial charge in [-0.25, -0.2) is 10.3 Å². The van der Waals surface area contributed by atoms with Crippen LogP contribution in [0.3, 0.4) is 0 Å². The highest BCUT2D eigenvalue weighted by atomic mass is 16.7. The summed E-state index contributed by atoms with van der Waals surface area (Å²) in [6, 6.07) is 0. The maximum absolute atomic E-state index is 11.2. The van der Waals surface area contributed by atoms with E-state index >= 15 is 0 Å². The first-order valence-corrected chi connectivity index (χ1v) is 4.68. The van der Waals surface area contributed by atoms with Gasteiger partial charge >= 0.3 is 12.1 Å². The van der Waals surface area contributed by atoms with E-state index in [1.54, 1.807) is 20.8 Å². The maximum Gasteiger partial charge on any atom is 0.431 e. The molecular weight excluding hydrogens is 214 g/mol. The molecule has 0 radical (unpaired) electrons. The van der Waals surface area contributed by atoms with Crippen LogP contribution in [0.1, 0.15) is 20.8 Å². The number of hydrogen-bond acceptors (Lipinski definition) is 5. The minimum Gasteiger partial charge on any atom is -0.459 e. The van der Waals surface area contributed by atoms with Crippen molar-refractivity contribution in [1.29, 1.82) is 0 Å². The number of esters is 1. The van der Waals surface area contributed by atoms with Crippen LogP contribution >= 0.6 is 0 Å². The van der Waals surface area contributed by atoms with Crippen molar-refractivity contribution in [3.63, 3.8) is 0 Å². The standard InChI is InChI=1S/C9H17N3O4/c1-9(2,3)15-7(13)5-11-8(14)16-12-6-10-4/h6H,5H2,1-4H3,(H,10,12)(H,11,14). The molecule has 0 rings (SSSR count). The number of hydroxylamine groups is 1. The van der Waals surface area contributed by atoms with Gasteiger partial charge in [0.15, 0.2) is 0 Å². The first kappa shape index (κ1) is 14.2. The zero-order chi connectivity index (χ0) is 12.6. The predicted octanol–water partition coefficient (Wildman–Crippen LogP) is 0.217. The van der Waals surface area contributed by atoms with E-state index in [1.165, 1.54) is 13.4 Å². The zero-order valence-corrected chi connectivity index (χ0v) is 9.86. The summed E-state index contributed by atoms with van der Waals surface area (Å²) in [7, 11) is 1.51. The van der Waals surface area contributed by atoms with Gasteiger partial charge in [0.2, 0.25) is 0 Å². The topological polar surface area (TPSA) is 89.0 Å². The number of nitrogens with one attached hydrogen (secondary N) is 2. The Morgan fingerprint density at radius 2 is 2.00 bits per heavy atom. The smallest absolute Gasteiger partial charge is 0.431 e. The number of amides is 1. The average Bonchev–Trinajstić information content (AvgIpc) is 2.12. The lowest BCUT2D eigenvalue weighted by atomic mass is 10.2. The lowest BCUT2D eigenvalue weighted by Crippen LogP contribution is -2.36. The van der Waals surface area contributed by atoms with Gasteiger partial charge in [0.1, 0.15) is 18.5 Å². The number of nitrogens with zero attached hydrogens (tertiary/aromatic N) is 1. The molecule has 0 bridgehead atoms. The number of carbonyl (C=O) groups excluding carboxylic acids is 2. The molecule has 0 aliphatic carbocycles. The second kappa shape index (κ2) is 6.65. The molecule has 0 saturated carbocycles. The van der Waals surface area contributed by atoms with Gasteiger partial charge in [-0.2, -0.15) is 0 Å². The summed E-state index contributed by atoms with van der Waals surface area (Å²) in [5.41, 5.74) is 1.58. The van der Waals surface area contributed by atoms with Crippen molar-refractivity contribution in [3.05, 3.63) is 0 Å². The van der Waals surface area contributed by atoms with Crippen molar-refractivity contribution in [2.24, 2.45) is 4.99 Å². The average molecular weight is 231 g/mol. The molecular formula is C9H17N3O4. The SMILES string of the molecule is CN=CNOC(=O)NCC(=O)OC(C)(C)C. The molecule has 2 N–H and O–H groups in total. The lowest BCUT2D eigenvalue weighted by Gasteiger charge is -2.19. The van der Waals surface area contributed by atoms with Crippen molar-refractivity contribution in [1.82, 2.24) is 10.8 Å². The predicted molar refractivity (Wildman–Crippen MR) is 57.9 cm³/mol. The number of aliphatic imine (C=N–C) groups is 1. The molecule has 0 aliphatic rings. The highest BCUT2D eigenvalue weighted by molar-refractivity contribution is 5.78. The maximum atomic E-state index is 11.2. The van der Waals surface area contributed by atoms with E-state index in [1.807, 2.05) is 0 Å². The van der Waals surface area contributed by atoms with Crippen LogP contribution in [0.25, 0.3) is 0 Å². The molecule has 0 aromatic heterocycles. The van der Waals surface area contributed by atoms with Gasteiger partial charge in [-0.3, -0.25) is 9.79 Å². The molecule has 0 aromatic rings. The fourth-order valence-corrected chi connectivity index (χ4v) is 0.691.